The zero-order chi connectivity index (χ0) is 29.3. The number of nitrogens with one attached hydrogen (secondary N) is 1. The van der Waals surface area contributed by atoms with E-state index in [0.29, 0.717) is 18.7 Å². The molecule has 1 N–H and O–H groups in total. The highest BCUT2D eigenvalue weighted by Crippen LogP contribution is 2.53. The standard InChI is InChI=1S/C33H42N8O2/c1-4-28(42)40-20-32(21-40)11-14-39(15-12-32)30-24-16-33(9-10-33)41(29-22(2)7-8-26-25(29)17-34-37-26)18-27(24)35-31(36-30)43-19-23-6-5-13-38(23)3/h4,7-8,17,23H,1,5-6,9-16,18-21H2,2-3H3,(H,34,37)/t23-/m0/s1. The Hall–Kier alpha value is -3.66. The van der Waals surface area contributed by atoms with Crippen molar-refractivity contribution in [3.8, 4) is 6.01 Å². The molecule has 0 unspecified atom stereocenters. The number of aromatic nitrogens is 4. The number of anilines is 2. The number of rotatable bonds is 6. The number of carbonyl (C=O) groups excluding carboxylic acids is 1. The number of piperidine rings is 1. The summed E-state index contributed by atoms with van der Waals surface area (Å²) in [6.07, 6.45) is 11.2. The van der Waals surface area contributed by atoms with Crippen LogP contribution in [0.3, 0.4) is 0 Å². The Balaban J connectivity index is 1.11. The van der Waals surface area contributed by atoms with Crippen molar-refractivity contribution in [1.82, 2.24) is 30.0 Å². The normalized spacial score (nSPS) is 24.0. The van der Waals surface area contributed by atoms with Gasteiger partial charge >= 0.3 is 6.01 Å². The van der Waals surface area contributed by atoms with Crippen molar-refractivity contribution in [1.29, 1.82) is 0 Å². The summed E-state index contributed by atoms with van der Waals surface area (Å²) < 4.78 is 6.40. The van der Waals surface area contributed by atoms with Crippen LogP contribution >= 0.6 is 0 Å². The lowest BCUT2D eigenvalue weighted by atomic mass is 9.72. The molecule has 8 rings (SSSR count). The molecule has 3 aromatic rings. The van der Waals surface area contributed by atoms with Crippen molar-refractivity contribution in [3.63, 3.8) is 0 Å². The molecule has 4 aliphatic heterocycles. The minimum atomic E-state index is 0.0493. The van der Waals surface area contributed by atoms with Crippen LogP contribution in [0.4, 0.5) is 11.5 Å². The first kappa shape index (κ1) is 26.9. The first-order valence-corrected chi connectivity index (χ1v) is 16.0. The SMILES string of the molecule is C=CC(=O)N1CC2(CCN(c3nc(OC[C@@H]4CCCN4C)nc4c3CC3(CC3)N(c3c(C)ccc5[nH]ncc35)C4)CC2)C1. The molecule has 6 heterocycles. The van der Waals surface area contributed by atoms with Gasteiger partial charge in [-0.25, -0.2) is 0 Å². The fourth-order valence-corrected chi connectivity index (χ4v) is 8.17. The van der Waals surface area contributed by atoms with Crippen LogP contribution in [-0.2, 0) is 17.8 Å². The van der Waals surface area contributed by atoms with E-state index in [1.165, 1.54) is 47.5 Å². The highest BCUT2D eigenvalue weighted by atomic mass is 16.5. The van der Waals surface area contributed by atoms with Gasteiger partial charge in [0.1, 0.15) is 12.4 Å². The second-order valence-electron chi connectivity index (χ2n) is 13.8. The molecular formula is C33H42N8O2. The minimum Gasteiger partial charge on any atom is -0.462 e. The second kappa shape index (κ2) is 9.94. The number of carbonyl (C=O) groups is 1. The van der Waals surface area contributed by atoms with E-state index in [4.69, 9.17) is 14.7 Å². The summed E-state index contributed by atoms with van der Waals surface area (Å²) in [6, 6.07) is 5.24. The largest absolute Gasteiger partial charge is 0.462 e. The Morgan fingerprint density at radius 3 is 2.70 bits per heavy atom. The summed E-state index contributed by atoms with van der Waals surface area (Å²) >= 11 is 0. The topological polar surface area (TPSA) is 93.7 Å². The number of ether oxygens (including phenoxy) is 1. The van der Waals surface area contributed by atoms with Gasteiger partial charge in [-0.15, -0.1) is 0 Å². The van der Waals surface area contributed by atoms with Crippen molar-refractivity contribution in [3.05, 3.63) is 47.8 Å². The van der Waals surface area contributed by atoms with Gasteiger partial charge in [-0.3, -0.25) is 9.89 Å². The fourth-order valence-electron chi connectivity index (χ4n) is 8.17. The molecular weight excluding hydrogens is 540 g/mol. The molecule has 1 aliphatic carbocycles. The second-order valence-corrected chi connectivity index (χ2v) is 13.8. The number of likely N-dealkylation sites (tertiary alicyclic amines) is 2. The predicted octanol–water partition coefficient (Wildman–Crippen LogP) is 3.84. The van der Waals surface area contributed by atoms with Crippen LogP contribution < -0.4 is 14.5 Å². The lowest BCUT2D eigenvalue weighted by Crippen LogP contribution is -2.61. The minimum absolute atomic E-state index is 0.0493. The van der Waals surface area contributed by atoms with Gasteiger partial charge in [0.15, 0.2) is 0 Å². The summed E-state index contributed by atoms with van der Waals surface area (Å²) in [6.45, 7) is 11.9. The van der Waals surface area contributed by atoms with Gasteiger partial charge in [0.2, 0.25) is 5.91 Å². The van der Waals surface area contributed by atoms with Gasteiger partial charge in [0.05, 0.1) is 29.6 Å². The van der Waals surface area contributed by atoms with Crippen LogP contribution in [0.1, 0.15) is 55.3 Å². The Bertz CT molecular complexity index is 1580. The average Bonchev–Trinajstić information content (AvgIpc) is 3.38. The molecule has 10 heteroatoms. The highest BCUT2D eigenvalue weighted by Gasteiger charge is 2.53. The third kappa shape index (κ3) is 4.48. The van der Waals surface area contributed by atoms with Crippen LogP contribution in [0.2, 0.25) is 0 Å². The van der Waals surface area contributed by atoms with Gasteiger partial charge in [0.25, 0.3) is 0 Å². The van der Waals surface area contributed by atoms with E-state index in [1.807, 2.05) is 11.1 Å². The van der Waals surface area contributed by atoms with Crippen molar-refractivity contribution < 1.29 is 9.53 Å². The Morgan fingerprint density at radius 1 is 1.16 bits per heavy atom. The number of H-pyrrole nitrogens is 1. The molecule has 5 aliphatic rings. The quantitative estimate of drug-likeness (QED) is 0.439. The van der Waals surface area contributed by atoms with Crippen LogP contribution in [0.25, 0.3) is 10.9 Å². The maximum Gasteiger partial charge on any atom is 0.318 e. The summed E-state index contributed by atoms with van der Waals surface area (Å²) in [4.78, 5) is 31.8. The number of nitrogens with zero attached hydrogens (tertiary/aromatic N) is 7. The van der Waals surface area contributed by atoms with Crippen molar-refractivity contribution in [2.24, 2.45) is 5.41 Å². The molecule has 10 nitrogen and oxygen atoms in total. The number of amides is 1. The first-order chi connectivity index (χ1) is 20.9. The zero-order valence-electron chi connectivity index (χ0n) is 25.4. The highest BCUT2D eigenvalue weighted by molar-refractivity contribution is 5.94. The third-order valence-corrected chi connectivity index (χ3v) is 11.1. The Kier molecular flexibility index (Phi) is 6.22. The number of hydrogen-bond donors (Lipinski definition) is 1. The molecule has 2 spiro atoms. The molecule has 1 amide bonds. The maximum absolute atomic E-state index is 12.1. The monoisotopic (exact) mass is 582 g/mol. The van der Waals surface area contributed by atoms with Gasteiger partial charge in [-0.1, -0.05) is 12.6 Å². The van der Waals surface area contributed by atoms with Gasteiger partial charge < -0.3 is 24.3 Å². The fraction of sp³-hybridized carbons (Fsp3) is 0.576. The van der Waals surface area contributed by atoms with Gasteiger partial charge in [-0.05, 0) is 76.7 Å². The zero-order valence-corrected chi connectivity index (χ0v) is 25.4. The number of hydrogen-bond acceptors (Lipinski definition) is 8. The van der Waals surface area contributed by atoms with Crippen molar-refractivity contribution >= 4 is 28.3 Å². The molecule has 226 valence electrons. The van der Waals surface area contributed by atoms with E-state index in [-0.39, 0.29) is 16.9 Å². The molecule has 1 saturated carbocycles. The molecule has 3 saturated heterocycles. The summed E-state index contributed by atoms with van der Waals surface area (Å²) in [5, 5.41) is 8.72. The average molecular weight is 583 g/mol. The van der Waals surface area contributed by atoms with Crippen molar-refractivity contribution in [2.75, 3.05) is 56.2 Å². The van der Waals surface area contributed by atoms with E-state index < -0.39 is 0 Å². The van der Waals surface area contributed by atoms with E-state index in [2.05, 4.69) is 57.6 Å². The van der Waals surface area contributed by atoms with Crippen LogP contribution in [0.5, 0.6) is 6.01 Å². The first-order valence-electron chi connectivity index (χ1n) is 16.0. The van der Waals surface area contributed by atoms with Crippen LogP contribution in [0.15, 0.2) is 31.0 Å². The van der Waals surface area contributed by atoms with Crippen molar-refractivity contribution in [2.45, 2.75) is 70.0 Å². The molecule has 0 bridgehead atoms. The number of aromatic amines is 1. The molecule has 4 fully saturated rings. The van der Waals surface area contributed by atoms with Gasteiger partial charge in [0, 0.05) is 60.5 Å². The number of aryl methyl sites for hydroxylation is 1. The molecule has 2 aromatic heterocycles. The molecule has 1 aromatic carbocycles. The van der Waals surface area contributed by atoms with Crippen LogP contribution in [-0.4, -0.2) is 93.8 Å². The molecule has 43 heavy (non-hydrogen) atoms. The summed E-state index contributed by atoms with van der Waals surface area (Å²) in [7, 11) is 2.18. The molecule has 0 radical (unpaired) electrons. The van der Waals surface area contributed by atoms with E-state index in [0.717, 1.165) is 82.0 Å². The number of benzene rings is 1. The smallest absolute Gasteiger partial charge is 0.318 e. The Morgan fingerprint density at radius 2 is 1.98 bits per heavy atom. The Labute approximate surface area is 253 Å². The molecule has 1 atom stereocenters. The number of likely N-dealkylation sites (N-methyl/N-ethyl adjacent to an activating group) is 1. The van der Waals surface area contributed by atoms with E-state index in [9.17, 15) is 4.79 Å². The maximum atomic E-state index is 12.1. The van der Waals surface area contributed by atoms with E-state index >= 15 is 0 Å². The predicted molar refractivity (Wildman–Crippen MR) is 167 cm³/mol. The summed E-state index contributed by atoms with van der Waals surface area (Å²) in [5.41, 5.74) is 6.31. The van der Waals surface area contributed by atoms with Gasteiger partial charge in [-0.2, -0.15) is 15.1 Å². The van der Waals surface area contributed by atoms with Crippen LogP contribution in [0, 0.1) is 12.3 Å². The lowest BCUT2D eigenvalue weighted by molar-refractivity contribution is -0.139. The van der Waals surface area contributed by atoms with E-state index in [1.54, 1.807) is 0 Å². The number of fused-ring (bicyclic) bond motifs is 2. The third-order valence-electron chi connectivity index (χ3n) is 11.1. The summed E-state index contributed by atoms with van der Waals surface area (Å²) in [5.74, 6) is 1.12. The lowest BCUT2D eigenvalue weighted by Gasteiger charge is -2.54.